The highest BCUT2D eigenvalue weighted by Gasteiger charge is 2.17. The molecule has 2 N–H and O–H groups in total. The average molecular weight is 226 g/mol. The summed E-state index contributed by atoms with van der Waals surface area (Å²) < 4.78 is 0. The number of rotatable bonds is 4. The van der Waals surface area contributed by atoms with E-state index in [9.17, 15) is 0 Å². The van der Waals surface area contributed by atoms with Crippen LogP contribution in [0.1, 0.15) is 62.2 Å². The highest BCUT2D eigenvalue weighted by Crippen LogP contribution is 2.30. The van der Waals surface area contributed by atoms with E-state index in [0.29, 0.717) is 11.8 Å². The molecule has 3 heteroatoms. The Labute approximate surface area is 96.9 Å². The number of nitrogens with zero attached hydrogens (tertiary/aromatic N) is 1. The number of thiazole rings is 1. The minimum absolute atomic E-state index is 0.112. The van der Waals surface area contributed by atoms with Gasteiger partial charge < -0.3 is 5.73 Å². The summed E-state index contributed by atoms with van der Waals surface area (Å²) in [7, 11) is 0. The van der Waals surface area contributed by atoms with Gasteiger partial charge in [0, 0.05) is 17.3 Å². The zero-order valence-electron chi connectivity index (χ0n) is 10.4. The normalized spacial score (nSPS) is 13.9. The fourth-order valence-corrected chi connectivity index (χ4v) is 2.95. The first kappa shape index (κ1) is 12.7. The fourth-order valence-electron chi connectivity index (χ4n) is 1.57. The standard InChI is InChI=1S/C12H22N2S/c1-7(2)6-10-14-11(8(3)4)12(15-10)9(5)13/h7-9H,6,13H2,1-5H3. The van der Waals surface area contributed by atoms with Gasteiger partial charge in [-0.1, -0.05) is 27.7 Å². The van der Waals surface area contributed by atoms with Crippen molar-refractivity contribution in [3.05, 3.63) is 15.6 Å². The molecule has 0 aliphatic heterocycles. The highest BCUT2D eigenvalue weighted by atomic mass is 32.1. The van der Waals surface area contributed by atoms with Gasteiger partial charge in [0.1, 0.15) is 0 Å². The molecule has 0 amide bonds. The summed E-state index contributed by atoms with van der Waals surface area (Å²) in [5.74, 6) is 1.14. The van der Waals surface area contributed by atoms with Gasteiger partial charge in [-0.25, -0.2) is 4.98 Å². The molecule has 0 bridgehead atoms. The Morgan fingerprint density at radius 1 is 1.20 bits per heavy atom. The molecule has 0 aromatic carbocycles. The van der Waals surface area contributed by atoms with Crippen LogP contribution in [-0.4, -0.2) is 4.98 Å². The first-order valence-corrected chi connectivity index (χ1v) is 6.48. The molecule has 1 unspecified atom stereocenters. The van der Waals surface area contributed by atoms with Crippen molar-refractivity contribution < 1.29 is 0 Å². The van der Waals surface area contributed by atoms with E-state index in [1.165, 1.54) is 15.6 Å². The van der Waals surface area contributed by atoms with Crippen molar-refractivity contribution in [1.29, 1.82) is 0 Å². The summed E-state index contributed by atoms with van der Waals surface area (Å²) in [5, 5.41) is 1.24. The van der Waals surface area contributed by atoms with Crippen LogP contribution in [0, 0.1) is 5.92 Å². The highest BCUT2D eigenvalue weighted by molar-refractivity contribution is 7.11. The zero-order valence-corrected chi connectivity index (χ0v) is 11.2. The van der Waals surface area contributed by atoms with Gasteiger partial charge in [0.2, 0.25) is 0 Å². The topological polar surface area (TPSA) is 38.9 Å². The largest absolute Gasteiger partial charge is 0.323 e. The predicted molar refractivity (Wildman–Crippen MR) is 67.3 cm³/mol. The van der Waals surface area contributed by atoms with Gasteiger partial charge in [0.25, 0.3) is 0 Å². The van der Waals surface area contributed by atoms with Crippen LogP contribution in [0.15, 0.2) is 0 Å². The quantitative estimate of drug-likeness (QED) is 0.853. The predicted octanol–water partition coefficient (Wildman–Crippen LogP) is 3.48. The lowest BCUT2D eigenvalue weighted by molar-refractivity contribution is 0.640. The second kappa shape index (κ2) is 5.08. The first-order chi connectivity index (χ1) is 6.91. The van der Waals surface area contributed by atoms with E-state index < -0.39 is 0 Å². The number of hydrogen-bond donors (Lipinski definition) is 1. The summed E-state index contributed by atoms with van der Waals surface area (Å²) in [5.41, 5.74) is 7.17. The maximum absolute atomic E-state index is 5.97. The molecule has 1 rings (SSSR count). The van der Waals surface area contributed by atoms with Crippen LogP contribution in [0.3, 0.4) is 0 Å². The summed E-state index contributed by atoms with van der Waals surface area (Å²) in [6.45, 7) is 10.8. The van der Waals surface area contributed by atoms with Crippen molar-refractivity contribution in [3.8, 4) is 0 Å². The van der Waals surface area contributed by atoms with Crippen LogP contribution < -0.4 is 5.73 Å². The summed E-state index contributed by atoms with van der Waals surface area (Å²) in [4.78, 5) is 5.97. The Morgan fingerprint density at radius 2 is 1.80 bits per heavy atom. The number of hydrogen-bond acceptors (Lipinski definition) is 3. The molecule has 0 spiro atoms. The molecule has 86 valence electrons. The van der Waals surface area contributed by atoms with Gasteiger partial charge in [-0.2, -0.15) is 0 Å². The van der Waals surface area contributed by atoms with E-state index in [4.69, 9.17) is 10.7 Å². The molecule has 0 aliphatic carbocycles. The third-order valence-corrected chi connectivity index (χ3v) is 3.56. The smallest absolute Gasteiger partial charge is 0.0934 e. The van der Waals surface area contributed by atoms with Crippen molar-refractivity contribution in [1.82, 2.24) is 4.98 Å². The van der Waals surface area contributed by atoms with Crippen molar-refractivity contribution in [2.75, 3.05) is 0 Å². The Bertz CT molecular complexity index is 288. The third kappa shape index (κ3) is 3.28. The molecule has 2 nitrogen and oxygen atoms in total. The molecule has 0 saturated carbocycles. The van der Waals surface area contributed by atoms with Gasteiger partial charge in [0.15, 0.2) is 0 Å². The van der Waals surface area contributed by atoms with Crippen molar-refractivity contribution in [2.24, 2.45) is 11.7 Å². The lowest BCUT2D eigenvalue weighted by Crippen LogP contribution is -2.06. The molecular weight excluding hydrogens is 204 g/mol. The van der Waals surface area contributed by atoms with Gasteiger partial charge in [-0.05, 0) is 18.8 Å². The molecule has 1 atom stereocenters. The van der Waals surface area contributed by atoms with Crippen molar-refractivity contribution in [2.45, 2.75) is 53.0 Å². The Hall–Kier alpha value is -0.410. The van der Waals surface area contributed by atoms with E-state index >= 15 is 0 Å². The Morgan fingerprint density at radius 3 is 2.13 bits per heavy atom. The number of nitrogens with two attached hydrogens (primary N) is 1. The lowest BCUT2D eigenvalue weighted by Gasteiger charge is -2.07. The van der Waals surface area contributed by atoms with E-state index in [-0.39, 0.29) is 6.04 Å². The average Bonchev–Trinajstić information content (AvgIpc) is 2.46. The molecule has 1 aromatic rings. The zero-order chi connectivity index (χ0) is 11.6. The monoisotopic (exact) mass is 226 g/mol. The molecule has 1 aromatic heterocycles. The Kier molecular flexibility index (Phi) is 4.29. The van der Waals surface area contributed by atoms with Crippen LogP contribution in [-0.2, 0) is 6.42 Å². The molecule has 0 saturated heterocycles. The molecule has 1 heterocycles. The van der Waals surface area contributed by atoms with Crippen LogP contribution in [0.4, 0.5) is 0 Å². The molecule has 0 aliphatic rings. The van der Waals surface area contributed by atoms with Gasteiger partial charge in [-0.3, -0.25) is 0 Å². The Balaban J connectivity index is 2.98. The first-order valence-electron chi connectivity index (χ1n) is 5.66. The van der Waals surface area contributed by atoms with Crippen molar-refractivity contribution >= 4 is 11.3 Å². The molecule has 0 fully saturated rings. The third-order valence-electron chi connectivity index (χ3n) is 2.27. The van der Waals surface area contributed by atoms with Gasteiger partial charge in [0.05, 0.1) is 10.7 Å². The maximum atomic E-state index is 5.97. The van der Waals surface area contributed by atoms with E-state index in [2.05, 4.69) is 27.7 Å². The van der Waals surface area contributed by atoms with Gasteiger partial charge >= 0.3 is 0 Å². The summed E-state index contributed by atoms with van der Waals surface area (Å²) in [6.07, 6.45) is 1.07. The second-order valence-electron chi connectivity index (χ2n) is 4.90. The maximum Gasteiger partial charge on any atom is 0.0934 e. The second-order valence-corrected chi connectivity index (χ2v) is 6.01. The summed E-state index contributed by atoms with van der Waals surface area (Å²) >= 11 is 1.79. The minimum atomic E-state index is 0.112. The fraction of sp³-hybridized carbons (Fsp3) is 0.750. The molecule has 0 radical (unpaired) electrons. The van der Waals surface area contributed by atoms with Crippen LogP contribution in [0.25, 0.3) is 0 Å². The molecular formula is C12H22N2S. The number of aromatic nitrogens is 1. The van der Waals surface area contributed by atoms with E-state index in [1.54, 1.807) is 11.3 Å². The van der Waals surface area contributed by atoms with Crippen LogP contribution >= 0.6 is 11.3 Å². The lowest BCUT2D eigenvalue weighted by atomic mass is 10.1. The molecule has 15 heavy (non-hydrogen) atoms. The summed E-state index contributed by atoms with van der Waals surface area (Å²) in [6, 6.07) is 0.112. The van der Waals surface area contributed by atoms with Gasteiger partial charge in [-0.15, -0.1) is 11.3 Å². The van der Waals surface area contributed by atoms with E-state index in [1.807, 2.05) is 6.92 Å². The SMILES string of the molecule is CC(C)Cc1nc(C(C)C)c(C(C)N)s1. The van der Waals surface area contributed by atoms with Crippen molar-refractivity contribution in [3.63, 3.8) is 0 Å². The van der Waals surface area contributed by atoms with Crippen LogP contribution in [0.5, 0.6) is 0 Å². The minimum Gasteiger partial charge on any atom is -0.323 e. The van der Waals surface area contributed by atoms with E-state index in [0.717, 1.165) is 6.42 Å². The van der Waals surface area contributed by atoms with Crippen LogP contribution in [0.2, 0.25) is 0 Å².